The number of Topliss-reactive ketones (excluding diaryl/α,β-unsaturated/α-hetero) is 2. The Hall–Kier alpha value is -1.72. The number of carbonyl (C=O) groups is 4. The first-order chi connectivity index (χ1) is 6.43. The van der Waals surface area contributed by atoms with E-state index in [0.29, 0.717) is 25.7 Å². The molecule has 0 aromatic heterocycles. The molecule has 0 unspecified atom stereocenters. The molecule has 1 rings (SSSR count). The molecule has 0 atom stereocenters. The van der Waals surface area contributed by atoms with Crippen LogP contribution in [0.2, 0.25) is 0 Å². The van der Waals surface area contributed by atoms with Gasteiger partial charge in [0.15, 0.2) is 0 Å². The van der Waals surface area contributed by atoms with Gasteiger partial charge in [0.05, 0.1) is 0 Å². The summed E-state index contributed by atoms with van der Waals surface area (Å²) in [6, 6.07) is 0. The van der Waals surface area contributed by atoms with Crippen molar-refractivity contribution >= 4 is 23.5 Å². The Balaban J connectivity index is 0.000000255. The van der Waals surface area contributed by atoms with Gasteiger partial charge in [-0.05, 0) is 0 Å². The zero-order valence-corrected chi connectivity index (χ0v) is 7.36. The predicted octanol–water partition coefficient (Wildman–Crippen LogP) is -0.146. The Labute approximate surface area is 79.5 Å². The summed E-state index contributed by atoms with van der Waals surface area (Å²) in [5, 5.41) is 14.8. The van der Waals surface area contributed by atoms with Gasteiger partial charge in [-0.3, -0.25) is 9.59 Å². The third-order valence-corrected chi connectivity index (χ3v) is 1.55. The quantitative estimate of drug-likeness (QED) is 0.529. The number of rotatable bonds is 0. The Morgan fingerprint density at radius 2 is 1.00 bits per heavy atom. The summed E-state index contributed by atoms with van der Waals surface area (Å²) in [4.78, 5) is 39.1. The van der Waals surface area contributed by atoms with E-state index in [1.807, 2.05) is 0 Å². The van der Waals surface area contributed by atoms with Gasteiger partial charge in [0.2, 0.25) is 0 Å². The van der Waals surface area contributed by atoms with Crippen molar-refractivity contribution in [2.45, 2.75) is 25.7 Å². The van der Waals surface area contributed by atoms with Crippen LogP contribution in [0.3, 0.4) is 0 Å². The van der Waals surface area contributed by atoms with Crippen LogP contribution in [0, 0.1) is 0 Å². The largest absolute Gasteiger partial charge is 0.473 e. The Bertz CT molecular complexity index is 227. The second-order valence-corrected chi connectivity index (χ2v) is 2.69. The van der Waals surface area contributed by atoms with Crippen molar-refractivity contribution in [1.82, 2.24) is 0 Å². The lowest BCUT2D eigenvalue weighted by molar-refractivity contribution is -0.159. The first kappa shape index (κ1) is 12.3. The molecule has 1 saturated carbocycles. The van der Waals surface area contributed by atoms with Crippen molar-refractivity contribution in [1.29, 1.82) is 0 Å². The summed E-state index contributed by atoms with van der Waals surface area (Å²) < 4.78 is 0. The molecule has 0 aliphatic heterocycles. The molecule has 6 nitrogen and oxygen atoms in total. The van der Waals surface area contributed by atoms with Crippen molar-refractivity contribution < 1.29 is 29.4 Å². The molecule has 0 saturated heterocycles. The fraction of sp³-hybridized carbons (Fsp3) is 0.500. The van der Waals surface area contributed by atoms with Crippen molar-refractivity contribution in [2.24, 2.45) is 0 Å². The van der Waals surface area contributed by atoms with Crippen molar-refractivity contribution in [2.75, 3.05) is 0 Å². The van der Waals surface area contributed by atoms with E-state index in [0.717, 1.165) is 0 Å². The smallest absolute Gasteiger partial charge is 0.414 e. The van der Waals surface area contributed by atoms with Gasteiger partial charge in [0, 0.05) is 25.7 Å². The lowest BCUT2D eigenvalue weighted by Gasteiger charge is -2.04. The molecule has 0 radical (unpaired) electrons. The molecule has 0 amide bonds. The van der Waals surface area contributed by atoms with Gasteiger partial charge in [-0.2, -0.15) is 0 Å². The highest BCUT2D eigenvalue weighted by molar-refractivity contribution is 6.27. The van der Waals surface area contributed by atoms with Gasteiger partial charge in [-0.25, -0.2) is 9.59 Å². The van der Waals surface area contributed by atoms with Crippen LogP contribution in [-0.2, 0) is 19.2 Å². The number of hydrogen-bond acceptors (Lipinski definition) is 4. The van der Waals surface area contributed by atoms with Crippen molar-refractivity contribution in [3.63, 3.8) is 0 Å². The molecule has 0 heterocycles. The maximum atomic E-state index is 10.5. The fourth-order valence-corrected chi connectivity index (χ4v) is 0.808. The van der Waals surface area contributed by atoms with Gasteiger partial charge >= 0.3 is 11.9 Å². The Morgan fingerprint density at radius 3 is 1.14 bits per heavy atom. The molecular weight excluding hydrogens is 192 g/mol. The Morgan fingerprint density at radius 1 is 0.786 bits per heavy atom. The van der Waals surface area contributed by atoms with Gasteiger partial charge < -0.3 is 10.2 Å². The maximum Gasteiger partial charge on any atom is 0.414 e. The molecular formula is C8H10O6. The van der Waals surface area contributed by atoms with Crippen LogP contribution in [0.1, 0.15) is 25.7 Å². The van der Waals surface area contributed by atoms with E-state index in [1.165, 1.54) is 0 Å². The number of carboxylic acid groups (broad SMARTS) is 2. The van der Waals surface area contributed by atoms with Crippen LogP contribution < -0.4 is 0 Å². The summed E-state index contributed by atoms with van der Waals surface area (Å²) in [5.74, 6) is -3.17. The monoisotopic (exact) mass is 202 g/mol. The summed E-state index contributed by atoms with van der Waals surface area (Å²) in [6.45, 7) is 0. The summed E-state index contributed by atoms with van der Waals surface area (Å²) >= 11 is 0. The number of ketones is 2. The van der Waals surface area contributed by atoms with Crippen LogP contribution in [0.25, 0.3) is 0 Å². The highest BCUT2D eigenvalue weighted by atomic mass is 16.4. The summed E-state index contributed by atoms with van der Waals surface area (Å²) in [5.41, 5.74) is 0. The van der Waals surface area contributed by atoms with Crippen LogP contribution in [-0.4, -0.2) is 33.7 Å². The summed E-state index contributed by atoms with van der Waals surface area (Å²) in [7, 11) is 0. The molecule has 1 aliphatic rings. The van der Waals surface area contributed by atoms with Crippen LogP contribution in [0.15, 0.2) is 0 Å². The molecule has 1 fully saturated rings. The normalized spacial score (nSPS) is 15.4. The van der Waals surface area contributed by atoms with Crippen LogP contribution in [0.4, 0.5) is 0 Å². The molecule has 2 N–H and O–H groups in total. The van der Waals surface area contributed by atoms with E-state index in [-0.39, 0.29) is 11.6 Å². The molecule has 1 aliphatic carbocycles. The molecule has 0 aromatic carbocycles. The fourth-order valence-electron chi connectivity index (χ4n) is 0.808. The average Bonchev–Trinajstić information content (AvgIpc) is 2.11. The SMILES string of the molecule is O=C(O)C(=O)O.O=C1CCC(=O)CC1. The zero-order chi connectivity index (χ0) is 11.1. The second-order valence-electron chi connectivity index (χ2n) is 2.69. The Kier molecular flexibility index (Phi) is 5.13. The van der Waals surface area contributed by atoms with E-state index < -0.39 is 11.9 Å². The molecule has 6 heteroatoms. The van der Waals surface area contributed by atoms with E-state index in [2.05, 4.69) is 0 Å². The first-order valence-electron chi connectivity index (χ1n) is 3.93. The van der Waals surface area contributed by atoms with Crippen molar-refractivity contribution in [3.05, 3.63) is 0 Å². The zero-order valence-electron chi connectivity index (χ0n) is 7.36. The van der Waals surface area contributed by atoms with Crippen molar-refractivity contribution in [3.8, 4) is 0 Å². The molecule has 0 bridgehead atoms. The topological polar surface area (TPSA) is 109 Å². The van der Waals surface area contributed by atoms with E-state index >= 15 is 0 Å². The van der Waals surface area contributed by atoms with Gasteiger partial charge in [-0.15, -0.1) is 0 Å². The average molecular weight is 202 g/mol. The molecule has 14 heavy (non-hydrogen) atoms. The van der Waals surface area contributed by atoms with Gasteiger partial charge in [0.1, 0.15) is 11.6 Å². The lowest BCUT2D eigenvalue weighted by atomic mass is 9.98. The van der Waals surface area contributed by atoms with Crippen LogP contribution in [0.5, 0.6) is 0 Å². The first-order valence-corrected chi connectivity index (χ1v) is 3.93. The minimum Gasteiger partial charge on any atom is -0.473 e. The molecule has 0 aromatic rings. The number of aliphatic carboxylic acids is 2. The van der Waals surface area contributed by atoms with E-state index in [9.17, 15) is 9.59 Å². The number of carboxylic acids is 2. The highest BCUT2D eigenvalue weighted by Gasteiger charge is 2.13. The van der Waals surface area contributed by atoms with Gasteiger partial charge in [0.25, 0.3) is 0 Å². The standard InChI is InChI=1S/C6H8O2.C2H2O4/c7-5-1-2-6(8)4-3-5;3-1(4)2(5)6/h1-4H2;(H,3,4)(H,5,6). The maximum absolute atomic E-state index is 10.5. The van der Waals surface area contributed by atoms with Gasteiger partial charge in [-0.1, -0.05) is 0 Å². The second kappa shape index (κ2) is 5.85. The minimum atomic E-state index is -1.82. The predicted molar refractivity (Wildman–Crippen MR) is 43.8 cm³/mol. The number of hydrogen-bond donors (Lipinski definition) is 2. The van der Waals surface area contributed by atoms with E-state index in [4.69, 9.17) is 19.8 Å². The molecule has 78 valence electrons. The minimum absolute atomic E-state index is 0.240. The van der Waals surface area contributed by atoms with Crippen LogP contribution >= 0.6 is 0 Å². The third-order valence-electron chi connectivity index (χ3n) is 1.55. The number of carbonyl (C=O) groups excluding carboxylic acids is 2. The highest BCUT2D eigenvalue weighted by Crippen LogP contribution is 2.08. The lowest BCUT2D eigenvalue weighted by Crippen LogP contribution is -2.12. The molecule has 0 spiro atoms. The third kappa shape index (κ3) is 5.87. The summed E-state index contributed by atoms with van der Waals surface area (Å²) in [6.07, 6.45) is 1.94. The van der Waals surface area contributed by atoms with E-state index in [1.54, 1.807) is 0 Å².